The lowest BCUT2D eigenvalue weighted by atomic mass is 9.77. The van der Waals surface area contributed by atoms with Gasteiger partial charge in [-0.25, -0.2) is 0 Å². The first-order valence-corrected chi connectivity index (χ1v) is 10.9. The van der Waals surface area contributed by atoms with E-state index in [4.69, 9.17) is 9.47 Å². The van der Waals surface area contributed by atoms with Crippen LogP contribution in [0.5, 0.6) is 11.5 Å². The number of ether oxygens (including phenoxy) is 2. The van der Waals surface area contributed by atoms with Crippen molar-refractivity contribution in [3.63, 3.8) is 0 Å². The summed E-state index contributed by atoms with van der Waals surface area (Å²) in [6.45, 7) is 4.32. The fourth-order valence-corrected chi connectivity index (χ4v) is 5.22. The molecule has 2 aliphatic carbocycles. The van der Waals surface area contributed by atoms with E-state index in [1.165, 1.54) is 66.1 Å². The van der Waals surface area contributed by atoms with Crippen molar-refractivity contribution in [3.05, 3.63) is 83.9 Å². The van der Waals surface area contributed by atoms with E-state index in [2.05, 4.69) is 86.6 Å². The largest absolute Gasteiger partial charge is 0.497 e. The molecule has 0 N–H and O–H groups in total. The monoisotopic (exact) mass is 416 g/mol. The summed E-state index contributed by atoms with van der Waals surface area (Å²) in [5.74, 6) is 1.74. The minimum atomic E-state index is 0.869. The molecular formula is C30H24O2. The fraction of sp³-hybridized carbons (Fsp3) is 0.133. The molecule has 5 aromatic carbocycles. The summed E-state index contributed by atoms with van der Waals surface area (Å²) < 4.78 is 11.3. The van der Waals surface area contributed by atoms with Gasteiger partial charge < -0.3 is 9.47 Å². The van der Waals surface area contributed by atoms with Crippen molar-refractivity contribution in [2.24, 2.45) is 0 Å². The summed E-state index contributed by atoms with van der Waals surface area (Å²) in [4.78, 5) is 0. The molecule has 0 aromatic heterocycles. The third-order valence-electron chi connectivity index (χ3n) is 6.71. The van der Waals surface area contributed by atoms with Crippen molar-refractivity contribution in [1.29, 1.82) is 0 Å². The summed E-state index contributed by atoms with van der Waals surface area (Å²) >= 11 is 0. The van der Waals surface area contributed by atoms with Crippen LogP contribution in [0.15, 0.2) is 72.8 Å². The molecule has 0 saturated carbocycles. The predicted octanol–water partition coefficient (Wildman–Crippen LogP) is 7.94. The van der Waals surface area contributed by atoms with Crippen LogP contribution in [0.1, 0.15) is 11.1 Å². The molecular weight excluding hydrogens is 392 g/mol. The first-order valence-electron chi connectivity index (χ1n) is 10.9. The van der Waals surface area contributed by atoms with Crippen LogP contribution in [0.25, 0.3) is 54.9 Å². The highest BCUT2D eigenvalue weighted by atomic mass is 16.5. The van der Waals surface area contributed by atoms with Gasteiger partial charge in [0.25, 0.3) is 0 Å². The maximum absolute atomic E-state index is 5.64. The number of benzene rings is 5. The first-order chi connectivity index (χ1) is 15.6. The molecule has 0 atom stereocenters. The van der Waals surface area contributed by atoms with E-state index in [-0.39, 0.29) is 0 Å². The van der Waals surface area contributed by atoms with Crippen LogP contribution in [0.2, 0.25) is 0 Å². The van der Waals surface area contributed by atoms with E-state index in [1.807, 2.05) is 0 Å². The first kappa shape index (κ1) is 18.9. The smallest absolute Gasteiger partial charge is 0.119 e. The molecule has 0 saturated heterocycles. The molecule has 7 rings (SSSR count). The lowest BCUT2D eigenvalue weighted by Gasteiger charge is -2.26. The average Bonchev–Trinajstić information content (AvgIpc) is 2.81. The minimum Gasteiger partial charge on any atom is -0.497 e. The summed E-state index contributed by atoms with van der Waals surface area (Å²) in [5.41, 5.74) is 9.97. The van der Waals surface area contributed by atoms with Crippen LogP contribution in [-0.4, -0.2) is 14.2 Å². The molecule has 2 heteroatoms. The molecule has 0 amide bonds. The second-order valence-corrected chi connectivity index (χ2v) is 8.67. The van der Waals surface area contributed by atoms with Gasteiger partial charge in [-0.1, -0.05) is 59.7 Å². The van der Waals surface area contributed by atoms with Crippen molar-refractivity contribution in [3.8, 4) is 44.9 Å². The lowest BCUT2D eigenvalue weighted by molar-refractivity contribution is 0.415. The highest BCUT2D eigenvalue weighted by Gasteiger charge is 2.25. The summed E-state index contributed by atoms with van der Waals surface area (Å²) in [7, 11) is 3.46. The van der Waals surface area contributed by atoms with E-state index in [0.29, 0.717) is 0 Å². The Bertz CT molecular complexity index is 1560. The van der Waals surface area contributed by atoms with E-state index in [0.717, 1.165) is 11.5 Å². The zero-order valence-electron chi connectivity index (χ0n) is 18.7. The second kappa shape index (κ2) is 6.86. The maximum Gasteiger partial charge on any atom is 0.119 e. The quantitative estimate of drug-likeness (QED) is 0.267. The van der Waals surface area contributed by atoms with Crippen LogP contribution in [-0.2, 0) is 0 Å². The fourth-order valence-electron chi connectivity index (χ4n) is 5.22. The van der Waals surface area contributed by atoms with E-state index in [1.54, 1.807) is 14.2 Å². The second-order valence-electron chi connectivity index (χ2n) is 8.67. The van der Waals surface area contributed by atoms with Crippen LogP contribution in [0, 0.1) is 13.8 Å². The SMILES string of the molecule is COc1ccc2c(c1)-c1cc(C)ccc1-c1c3ccc(C)cc3c-2c2cc(OC)ccc12. The molecule has 0 spiro atoms. The number of rotatable bonds is 2. The highest BCUT2D eigenvalue weighted by Crippen LogP contribution is 2.52. The van der Waals surface area contributed by atoms with Crippen molar-refractivity contribution < 1.29 is 9.47 Å². The van der Waals surface area contributed by atoms with E-state index in [9.17, 15) is 0 Å². The molecule has 0 unspecified atom stereocenters. The molecule has 2 bridgehead atoms. The van der Waals surface area contributed by atoms with Crippen LogP contribution in [0.4, 0.5) is 0 Å². The Hall–Kier alpha value is -3.78. The van der Waals surface area contributed by atoms with Crippen LogP contribution < -0.4 is 9.47 Å². The van der Waals surface area contributed by atoms with Gasteiger partial charge in [0, 0.05) is 0 Å². The summed E-state index contributed by atoms with van der Waals surface area (Å²) in [6.07, 6.45) is 0. The van der Waals surface area contributed by atoms with Crippen molar-refractivity contribution in [2.75, 3.05) is 14.2 Å². The molecule has 5 aromatic rings. The highest BCUT2D eigenvalue weighted by molar-refractivity contribution is 6.25. The van der Waals surface area contributed by atoms with Gasteiger partial charge in [0.05, 0.1) is 14.2 Å². The predicted molar refractivity (Wildman–Crippen MR) is 134 cm³/mol. The van der Waals surface area contributed by atoms with Gasteiger partial charge in [0.2, 0.25) is 0 Å². The van der Waals surface area contributed by atoms with Crippen molar-refractivity contribution in [2.45, 2.75) is 13.8 Å². The van der Waals surface area contributed by atoms with Gasteiger partial charge in [0.1, 0.15) is 11.5 Å². The Morgan fingerprint density at radius 3 is 1.69 bits per heavy atom. The van der Waals surface area contributed by atoms with Gasteiger partial charge in [-0.15, -0.1) is 0 Å². The summed E-state index contributed by atoms with van der Waals surface area (Å²) in [5, 5.41) is 5.03. The van der Waals surface area contributed by atoms with Gasteiger partial charge in [-0.2, -0.15) is 0 Å². The van der Waals surface area contributed by atoms with E-state index < -0.39 is 0 Å². The third kappa shape index (κ3) is 2.59. The average molecular weight is 417 g/mol. The number of hydrogen-bond acceptors (Lipinski definition) is 2. The molecule has 32 heavy (non-hydrogen) atoms. The Morgan fingerprint density at radius 2 is 0.938 bits per heavy atom. The zero-order valence-corrected chi connectivity index (χ0v) is 18.7. The molecule has 0 aliphatic heterocycles. The zero-order chi connectivity index (χ0) is 22.0. The number of methoxy groups -OCH3 is 2. The Balaban J connectivity index is 1.95. The molecule has 0 heterocycles. The van der Waals surface area contributed by atoms with E-state index >= 15 is 0 Å². The normalized spacial score (nSPS) is 11.8. The van der Waals surface area contributed by atoms with Crippen molar-refractivity contribution >= 4 is 21.5 Å². The molecule has 0 radical (unpaired) electrons. The Labute approximate surface area is 188 Å². The van der Waals surface area contributed by atoms with Gasteiger partial charge in [-0.3, -0.25) is 0 Å². The lowest BCUT2D eigenvalue weighted by Crippen LogP contribution is -2.00. The van der Waals surface area contributed by atoms with Gasteiger partial charge in [0.15, 0.2) is 0 Å². The standard InChI is InChI=1S/C30H24O2/c1-17-5-9-21-25(13-17)26-15-19(31-3)7-11-22(26)30-27-14-18(2)6-10-23(27)29(21)24-12-8-20(32-4)16-28(24)30/h5-16H,1-4H3. The maximum atomic E-state index is 5.64. The van der Waals surface area contributed by atoms with Gasteiger partial charge >= 0.3 is 0 Å². The number of hydrogen-bond donors (Lipinski definition) is 0. The van der Waals surface area contributed by atoms with Crippen LogP contribution in [0.3, 0.4) is 0 Å². The molecule has 2 aliphatic rings. The Morgan fingerprint density at radius 1 is 0.438 bits per heavy atom. The number of aryl methyl sites for hydroxylation is 2. The molecule has 2 nitrogen and oxygen atoms in total. The molecule has 0 fully saturated rings. The minimum absolute atomic E-state index is 0.869. The Kier molecular flexibility index (Phi) is 4.06. The van der Waals surface area contributed by atoms with Crippen molar-refractivity contribution in [1.82, 2.24) is 0 Å². The molecule has 156 valence electrons. The summed E-state index contributed by atoms with van der Waals surface area (Å²) in [6, 6.07) is 26.5. The topological polar surface area (TPSA) is 18.5 Å². The van der Waals surface area contributed by atoms with Crippen LogP contribution >= 0.6 is 0 Å². The third-order valence-corrected chi connectivity index (χ3v) is 6.71. The van der Waals surface area contributed by atoms with Gasteiger partial charge in [-0.05, 0) is 93.0 Å².